The van der Waals surface area contributed by atoms with Gasteiger partial charge in [0.25, 0.3) is 0 Å². The molecule has 0 saturated carbocycles. The van der Waals surface area contributed by atoms with Gasteiger partial charge >= 0.3 is 0 Å². The van der Waals surface area contributed by atoms with E-state index in [0.29, 0.717) is 5.69 Å². The Hall–Kier alpha value is -1.90. The summed E-state index contributed by atoms with van der Waals surface area (Å²) >= 11 is 0. The predicted octanol–water partition coefficient (Wildman–Crippen LogP) is 1.69. The number of aromatic nitrogens is 2. The number of aryl methyl sites for hydroxylation is 1. The molecule has 0 aliphatic heterocycles. The standard InChI is InChI=1S/C11H10N2O/c1-9-4-5-11(13(14)8-9)10-3-2-6-12-7-10/h2-8H,1H3. The van der Waals surface area contributed by atoms with E-state index in [-0.39, 0.29) is 0 Å². The smallest absolute Gasteiger partial charge is 0.225 e. The molecule has 0 amide bonds. The average Bonchev–Trinajstić information content (AvgIpc) is 2.19. The zero-order valence-corrected chi connectivity index (χ0v) is 7.84. The molecule has 3 heteroatoms. The Bertz CT molecular complexity index is 440. The molecular weight excluding hydrogens is 176 g/mol. The SMILES string of the molecule is Cc1ccc(-c2cccnc2)[n+]([O-])c1. The molecule has 0 aliphatic rings. The fraction of sp³-hybridized carbons (Fsp3) is 0.0909. The molecule has 0 atom stereocenters. The largest absolute Gasteiger partial charge is 0.618 e. The van der Waals surface area contributed by atoms with Gasteiger partial charge in [-0.15, -0.1) is 0 Å². The Morgan fingerprint density at radius 2 is 2.14 bits per heavy atom. The van der Waals surface area contributed by atoms with Gasteiger partial charge in [-0.05, 0) is 25.1 Å². The van der Waals surface area contributed by atoms with E-state index in [2.05, 4.69) is 4.98 Å². The zero-order valence-electron chi connectivity index (χ0n) is 7.84. The van der Waals surface area contributed by atoms with E-state index in [0.717, 1.165) is 15.9 Å². The summed E-state index contributed by atoms with van der Waals surface area (Å²) in [5.74, 6) is 0. The van der Waals surface area contributed by atoms with Crippen LogP contribution in [-0.2, 0) is 0 Å². The van der Waals surface area contributed by atoms with Crippen LogP contribution in [0.5, 0.6) is 0 Å². The molecule has 0 unspecified atom stereocenters. The first-order valence-electron chi connectivity index (χ1n) is 4.37. The van der Waals surface area contributed by atoms with Gasteiger partial charge in [-0.3, -0.25) is 4.98 Å². The highest BCUT2D eigenvalue weighted by atomic mass is 16.5. The summed E-state index contributed by atoms with van der Waals surface area (Å²) in [5, 5.41) is 11.5. The van der Waals surface area contributed by atoms with Gasteiger partial charge < -0.3 is 5.21 Å². The molecule has 2 heterocycles. The summed E-state index contributed by atoms with van der Waals surface area (Å²) < 4.78 is 0.867. The number of rotatable bonds is 1. The monoisotopic (exact) mass is 186 g/mol. The molecule has 14 heavy (non-hydrogen) atoms. The van der Waals surface area contributed by atoms with Crippen molar-refractivity contribution in [2.75, 3.05) is 0 Å². The first-order valence-corrected chi connectivity index (χ1v) is 4.37. The summed E-state index contributed by atoms with van der Waals surface area (Å²) in [6, 6.07) is 7.40. The quantitative estimate of drug-likeness (QED) is 0.502. The summed E-state index contributed by atoms with van der Waals surface area (Å²) in [6.45, 7) is 1.89. The molecule has 0 aromatic carbocycles. The Morgan fingerprint density at radius 3 is 2.79 bits per heavy atom. The second kappa shape index (κ2) is 3.46. The molecule has 0 radical (unpaired) electrons. The second-order valence-electron chi connectivity index (χ2n) is 3.16. The maximum Gasteiger partial charge on any atom is 0.225 e. The molecule has 0 N–H and O–H groups in total. The maximum absolute atomic E-state index is 11.5. The Balaban J connectivity index is 2.53. The van der Waals surface area contributed by atoms with Crippen LogP contribution in [0.3, 0.4) is 0 Å². The van der Waals surface area contributed by atoms with Crippen molar-refractivity contribution in [2.45, 2.75) is 6.92 Å². The van der Waals surface area contributed by atoms with Crippen LogP contribution in [-0.4, -0.2) is 4.98 Å². The minimum Gasteiger partial charge on any atom is -0.618 e. The Kier molecular flexibility index (Phi) is 2.14. The summed E-state index contributed by atoms with van der Waals surface area (Å²) in [5.41, 5.74) is 2.42. The lowest BCUT2D eigenvalue weighted by molar-refractivity contribution is -0.594. The lowest BCUT2D eigenvalue weighted by atomic mass is 10.2. The maximum atomic E-state index is 11.5. The van der Waals surface area contributed by atoms with Crippen LogP contribution < -0.4 is 4.73 Å². The summed E-state index contributed by atoms with van der Waals surface area (Å²) in [6.07, 6.45) is 4.92. The molecule has 3 nitrogen and oxygen atoms in total. The van der Waals surface area contributed by atoms with Crippen molar-refractivity contribution in [2.24, 2.45) is 0 Å². The zero-order chi connectivity index (χ0) is 9.97. The van der Waals surface area contributed by atoms with Crippen LogP contribution >= 0.6 is 0 Å². The van der Waals surface area contributed by atoms with Gasteiger partial charge in [-0.25, -0.2) is 0 Å². The van der Waals surface area contributed by atoms with Crippen LogP contribution in [0.4, 0.5) is 0 Å². The van der Waals surface area contributed by atoms with Crippen LogP contribution in [0, 0.1) is 12.1 Å². The van der Waals surface area contributed by atoms with Crippen LogP contribution in [0.25, 0.3) is 11.3 Å². The fourth-order valence-corrected chi connectivity index (χ4v) is 1.32. The third kappa shape index (κ3) is 1.57. The summed E-state index contributed by atoms with van der Waals surface area (Å²) in [7, 11) is 0. The van der Waals surface area contributed by atoms with Crippen molar-refractivity contribution in [3.05, 3.63) is 53.6 Å². The Morgan fingerprint density at radius 1 is 1.29 bits per heavy atom. The number of nitrogens with zero attached hydrogens (tertiary/aromatic N) is 2. The first-order chi connectivity index (χ1) is 6.77. The minimum atomic E-state index is 0.628. The lowest BCUT2D eigenvalue weighted by Crippen LogP contribution is -2.28. The van der Waals surface area contributed by atoms with E-state index in [1.54, 1.807) is 24.7 Å². The number of hydrogen-bond donors (Lipinski definition) is 0. The third-order valence-corrected chi connectivity index (χ3v) is 2.02. The van der Waals surface area contributed by atoms with Crippen molar-refractivity contribution < 1.29 is 4.73 Å². The predicted molar refractivity (Wildman–Crippen MR) is 53.4 cm³/mol. The van der Waals surface area contributed by atoms with Crippen molar-refractivity contribution in [1.82, 2.24) is 4.98 Å². The molecule has 2 aromatic heterocycles. The van der Waals surface area contributed by atoms with Gasteiger partial charge in [0, 0.05) is 24.0 Å². The molecular formula is C11H10N2O. The third-order valence-electron chi connectivity index (χ3n) is 2.02. The molecule has 0 bridgehead atoms. The van der Waals surface area contributed by atoms with E-state index in [4.69, 9.17) is 0 Å². The van der Waals surface area contributed by atoms with Crippen LogP contribution in [0.15, 0.2) is 42.9 Å². The lowest BCUT2D eigenvalue weighted by Gasteiger charge is -2.03. The fourth-order valence-electron chi connectivity index (χ4n) is 1.32. The highest BCUT2D eigenvalue weighted by molar-refractivity contribution is 5.54. The Labute approximate surface area is 82.3 Å². The normalized spacial score (nSPS) is 10.1. The van der Waals surface area contributed by atoms with Gasteiger partial charge in [0.1, 0.15) is 0 Å². The van der Waals surface area contributed by atoms with E-state index in [1.165, 1.54) is 0 Å². The molecule has 70 valence electrons. The number of pyridine rings is 2. The van der Waals surface area contributed by atoms with Crippen molar-refractivity contribution in [3.8, 4) is 11.3 Å². The highest BCUT2D eigenvalue weighted by Gasteiger charge is 2.07. The number of hydrogen-bond acceptors (Lipinski definition) is 2. The highest BCUT2D eigenvalue weighted by Crippen LogP contribution is 2.12. The van der Waals surface area contributed by atoms with Gasteiger partial charge in [0.05, 0.1) is 5.56 Å². The van der Waals surface area contributed by atoms with Crippen LogP contribution in [0.1, 0.15) is 5.56 Å². The topological polar surface area (TPSA) is 39.8 Å². The van der Waals surface area contributed by atoms with E-state index < -0.39 is 0 Å². The second-order valence-corrected chi connectivity index (χ2v) is 3.16. The van der Waals surface area contributed by atoms with Crippen molar-refractivity contribution >= 4 is 0 Å². The molecule has 0 fully saturated rings. The molecule has 2 aromatic rings. The average molecular weight is 186 g/mol. The van der Waals surface area contributed by atoms with Gasteiger partial charge in [-0.1, -0.05) is 0 Å². The summed E-state index contributed by atoms with van der Waals surface area (Å²) in [4.78, 5) is 3.97. The molecule has 0 saturated heterocycles. The molecule has 2 rings (SSSR count). The van der Waals surface area contributed by atoms with E-state index >= 15 is 0 Å². The van der Waals surface area contributed by atoms with Gasteiger partial charge in [0.2, 0.25) is 5.69 Å². The van der Waals surface area contributed by atoms with Gasteiger partial charge in [0.15, 0.2) is 6.20 Å². The van der Waals surface area contributed by atoms with Crippen molar-refractivity contribution in [3.63, 3.8) is 0 Å². The first kappa shape index (κ1) is 8.69. The van der Waals surface area contributed by atoms with Gasteiger partial charge in [-0.2, -0.15) is 4.73 Å². The molecule has 0 spiro atoms. The van der Waals surface area contributed by atoms with E-state index in [1.807, 2.05) is 25.1 Å². The van der Waals surface area contributed by atoms with Crippen molar-refractivity contribution in [1.29, 1.82) is 0 Å². The van der Waals surface area contributed by atoms with Crippen LogP contribution in [0.2, 0.25) is 0 Å². The molecule has 0 aliphatic carbocycles. The van der Waals surface area contributed by atoms with E-state index in [9.17, 15) is 5.21 Å². The minimum absolute atomic E-state index is 0.628.